The lowest BCUT2D eigenvalue weighted by atomic mass is 10.1. The third kappa shape index (κ3) is 5.06. The van der Waals surface area contributed by atoms with Crippen LogP contribution in [0.4, 0.5) is 5.69 Å². The van der Waals surface area contributed by atoms with E-state index in [0.717, 1.165) is 18.4 Å². The van der Waals surface area contributed by atoms with Gasteiger partial charge in [0.25, 0.3) is 0 Å². The molecule has 0 radical (unpaired) electrons. The third-order valence-corrected chi connectivity index (χ3v) is 5.58. The summed E-state index contributed by atoms with van der Waals surface area (Å²) in [6, 6.07) is 12.8. The second-order valence-corrected chi connectivity index (χ2v) is 7.73. The van der Waals surface area contributed by atoms with Crippen LogP contribution in [-0.4, -0.2) is 26.0 Å². The van der Waals surface area contributed by atoms with Crippen LogP contribution < -0.4 is 10.0 Å². The monoisotopic (exact) mass is 376 g/mol. The number of hydrogen-bond acceptors (Lipinski definition) is 4. The molecule has 0 spiro atoms. The lowest BCUT2D eigenvalue weighted by molar-refractivity contribution is 0.0696. The lowest BCUT2D eigenvalue weighted by Crippen LogP contribution is -2.28. The fraction of sp³-hybridized carbons (Fsp3) is 0.316. The molecule has 0 fully saturated rings. The molecule has 0 aliphatic heterocycles. The predicted molar refractivity (Wildman–Crippen MR) is 102 cm³/mol. The topological polar surface area (TPSA) is 95.5 Å². The molecule has 0 aromatic heterocycles. The van der Waals surface area contributed by atoms with Crippen molar-refractivity contribution in [1.82, 2.24) is 4.72 Å². The first-order chi connectivity index (χ1) is 12.3. The molecule has 0 bridgehead atoms. The minimum absolute atomic E-state index is 0.0590. The van der Waals surface area contributed by atoms with Crippen molar-refractivity contribution < 1.29 is 18.3 Å². The van der Waals surface area contributed by atoms with E-state index < -0.39 is 22.0 Å². The van der Waals surface area contributed by atoms with Crippen molar-refractivity contribution in [2.75, 3.05) is 11.9 Å². The average Bonchev–Trinajstić information content (AvgIpc) is 2.62. The molecule has 1 atom stereocenters. The van der Waals surface area contributed by atoms with Gasteiger partial charge in [0.15, 0.2) is 0 Å². The molecular formula is C19H24N2O4S. The maximum Gasteiger partial charge on any atom is 0.335 e. The Labute approximate surface area is 154 Å². The highest BCUT2D eigenvalue weighted by Crippen LogP contribution is 2.25. The minimum atomic E-state index is -3.91. The van der Waals surface area contributed by atoms with E-state index >= 15 is 0 Å². The second-order valence-electron chi connectivity index (χ2n) is 6.05. The Kier molecular flexibility index (Phi) is 6.76. The summed E-state index contributed by atoms with van der Waals surface area (Å²) in [5.41, 5.74) is 1.15. The van der Waals surface area contributed by atoms with Crippen LogP contribution in [0.3, 0.4) is 0 Å². The quantitative estimate of drug-likeness (QED) is 0.581. The third-order valence-electron chi connectivity index (χ3n) is 4.00. The van der Waals surface area contributed by atoms with Gasteiger partial charge >= 0.3 is 5.97 Å². The summed E-state index contributed by atoms with van der Waals surface area (Å²) in [6.07, 6.45) is 1.85. The van der Waals surface area contributed by atoms with Gasteiger partial charge in [-0.3, -0.25) is 0 Å². The van der Waals surface area contributed by atoms with Crippen LogP contribution in [0.5, 0.6) is 0 Å². The molecule has 2 aromatic carbocycles. The van der Waals surface area contributed by atoms with E-state index in [9.17, 15) is 18.3 Å². The Hall–Kier alpha value is -2.38. The number of sulfonamides is 1. The van der Waals surface area contributed by atoms with Gasteiger partial charge in [0.2, 0.25) is 10.0 Å². The van der Waals surface area contributed by atoms with Crippen LogP contribution in [-0.2, 0) is 10.0 Å². The smallest absolute Gasteiger partial charge is 0.335 e. The number of rotatable bonds is 9. The SMILES string of the molecule is CCCCNc1ccc(C(=O)O)cc1S(=O)(=O)NC(C)c1ccccc1. The van der Waals surface area contributed by atoms with Gasteiger partial charge in [-0.1, -0.05) is 43.7 Å². The summed E-state index contributed by atoms with van der Waals surface area (Å²) in [7, 11) is -3.91. The number of benzene rings is 2. The molecule has 0 saturated heterocycles. The molecule has 3 N–H and O–H groups in total. The molecule has 0 heterocycles. The zero-order valence-corrected chi connectivity index (χ0v) is 15.7. The fourth-order valence-electron chi connectivity index (χ4n) is 2.53. The molecule has 140 valence electrons. The average molecular weight is 376 g/mol. The van der Waals surface area contributed by atoms with Crippen LogP contribution in [0.1, 0.15) is 48.7 Å². The molecule has 2 rings (SSSR count). The predicted octanol–water partition coefficient (Wildman–Crippen LogP) is 3.64. The number of hydrogen-bond donors (Lipinski definition) is 3. The van der Waals surface area contributed by atoms with Gasteiger partial charge in [-0.2, -0.15) is 0 Å². The molecule has 0 saturated carbocycles. The Balaban J connectivity index is 2.35. The minimum Gasteiger partial charge on any atom is -0.478 e. The summed E-state index contributed by atoms with van der Waals surface area (Å²) in [6.45, 7) is 4.40. The first-order valence-corrected chi connectivity index (χ1v) is 10.0. The van der Waals surface area contributed by atoms with E-state index in [1.54, 1.807) is 6.92 Å². The van der Waals surface area contributed by atoms with Gasteiger partial charge in [-0.05, 0) is 37.1 Å². The van der Waals surface area contributed by atoms with Crippen LogP contribution in [0.2, 0.25) is 0 Å². The van der Waals surface area contributed by atoms with Crippen LogP contribution in [0.25, 0.3) is 0 Å². The molecule has 0 aliphatic carbocycles. The van der Waals surface area contributed by atoms with Crippen molar-refractivity contribution in [1.29, 1.82) is 0 Å². The maximum absolute atomic E-state index is 12.9. The number of aromatic carboxylic acids is 1. The molecule has 6 nitrogen and oxygen atoms in total. The molecule has 26 heavy (non-hydrogen) atoms. The van der Waals surface area contributed by atoms with Crippen LogP contribution in [0.15, 0.2) is 53.4 Å². The molecular weight excluding hydrogens is 352 g/mol. The van der Waals surface area contributed by atoms with Gasteiger partial charge in [-0.25, -0.2) is 17.9 Å². The highest BCUT2D eigenvalue weighted by Gasteiger charge is 2.23. The highest BCUT2D eigenvalue weighted by atomic mass is 32.2. The van der Waals surface area contributed by atoms with Crippen molar-refractivity contribution in [3.8, 4) is 0 Å². The van der Waals surface area contributed by atoms with Gasteiger partial charge in [0.1, 0.15) is 4.90 Å². The normalized spacial score (nSPS) is 12.5. The van der Waals surface area contributed by atoms with Crippen molar-refractivity contribution >= 4 is 21.7 Å². The molecule has 2 aromatic rings. The maximum atomic E-state index is 12.9. The Bertz CT molecular complexity index is 851. The number of nitrogens with one attached hydrogen (secondary N) is 2. The number of carboxylic acids is 1. The summed E-state index contributed by atoms with van der Waals surface area (Å²) in [5.74, 6) is -1.17. The highest BCUT2D eigenvalue weighted by molar-refractivity contribution is 7.89. The first-order valence-electron chi connectivity index (χ1n) is 8.53. The van der Waals surface area contributed by atoms with E-state index in [4.69, 9.17) is 0 Å². The number of carboxylic acid groups (broad SMARTS) is 1. The van der Waals surface area contributed by atoms with E-state index in [2.05, 4.69) is 10.0 Å². The van der Waals surface area contributed by atoms with Gasteiger partial charge in [-0.15, -0.1) is 0 Å². The molecule has 7 heteroatoms. The Morgan fingerprint density at radius 3 is 2.46 bits per heavy atom. The van der Waals surface area contributed by atoms with Crippen LogP contribution in [0, 0.1) is 0 Å². The van der Waals surface area contributed by atoms with Gasteiger partial charge in [0, 0.05) is 12.6 Å². The fourth-order valence-corrected chi connectivity index (χ4v) is 3.97. The molecule has 1 unspecified atom stereocenters. The lowest BCUT2D eigenvalue weighted by Gasteiger charge is -2.18. The second kappa shape index (κ2) is 8.82. The number of unbranched alkanes of at least 4 members (excludes halogenated alkanes) is 1. The van der Waals surface area contributed by atoms with Crippen LogP contribution >= 0.6 is 0 Å². The van der Waals surface area contributed by atoms with E-state index in [0.29, 0.717) is 12.2 Å². The van der Waals surface area contributed by atoms with E-state index in [-0.39, 0.29) is 10.5 Å². The molecule has 0 aliphatic rings. The standard InChI is InChI=1S/C19H24N2O4S/c1-3-4-12-20-17-11-10-16(19(22)23)13-18(17)26(24,25)21-14(2)15-8-6-5-7-9-15/h5-11,13-14,20-21H,3-4,12H2,1-2H3,(H,22,23). The first kappa shape index (κ1) is 19.9. The zero-order valence-electron chi connectivity index (χ0n) is 14.9. The van der Waals surface area contributed by atoms with Crippen molar-refractivity contribution in [3.05, 3.63) is 59.7 Å². The summed E-state index contributed by atoms with van der Waals surface area (Å²) < 4.78 is 28.4. The van der Waals surface area contributed by atoms with Crippen molar-refractivity contribution in [3.63, 3.8) is 0 Å². The summed E-state index contributed by atoms with van der Waals surface area (Å²) >= 11 is 0. The van der Waals surface area contributed by atoms with Crippen molar-refractivity contribution in [2.24, 2.45) is 0 Å². The summed E-state index contributed by atoms with van der Waals surface area (Å²) in [4.78, 5) is 11.2. The molecule has 0 amide bonds. The summed E-state index contributed by atoms with van der Waals surface area (Å²) in [5, 5.41) is 12.3. The number of anilines is 1. The largest absolute Gasteiger partial charge is 0.478 e. The zero-order chi connectivity index (χ0) is 19.2. The van der Waals surface area contributed by atoms with Crippen molar-refractivity contribution in [2.45, 2.75) is 37.6 Å². The van der Waals surface area contributed by atoms with E-state index in [1.165, 1.54) is 18.2 Å². The Morgan fingerprint density at radius 2 is 1.85 bits per heavy atom. The van der Waals surface area contributed by atoms with E-state index in [1.807, 2.05) is 37.3 Å². The van der Waals surface area contributed by atoms with Gasteiger partial charge in [0.05, 0.1) is 11.3 Å². The van der Waals surface area contributed by atoms with Gasteiger partial charge < -0.3 is 10.4 Å². The Morgan fingerprint density at radius 1 is 1.15 bits per heavy atom. The number of carbonyl (C=O) groups is 1.